The number of benzene rings is 2. The van der Waals surface area contributed by atoms with Crippen molar-refractivity contribution in [3.8, 4) is 0 Å². The number of aromatic nitrogens is 1. The zero-order chi connectivity index (χ0) is 17.8. The van der Waals surface area contributed by atoms with E-state index in [0.717, 1.165) is 6.54 Å². The van der Waals surface area contributed by atoms with Gasteiger partial charge in [-0.05, 0) is 61.4 Å². The number of fused-ring (bicyclic) bond motifs is 1. The lowest BCUT2D eigenvalue weighted by atomic mass is 9.99. The average Bonchev–Trinajstić information content (AvgIpc) is 3.11. The van der Waals surface area contributed by atoms with Crippen LogP contribution in [-0.2, 0) is 6.42 Å². The van der Waals surface area contributed by atoms with Crippen LogP contribution in [0, 0.1) is 6.92 Å². The van der Waals surface area contributed by atoms with E-state index in [1.165, 1.54) is 71.9 Å². The van der Waals surface area contributed by atoms with Gasteiger partial charge >= 0.3 is 0 Å². The zero-order valence-corrected chi connectivity index (χ0v) is 15.7. The number of aryl methyl sites for hydroxylation is 2. The Morgan fingerprint density at radius 1 is 1.00 bits per heavy atom. The van der Waals surface area contributed by atoms with Crippen LogP contribution < -0.4 is 0 Å². The molecule has 0 unspecified atom stereocenters. The van der Waals surface area contributed by atoms with Crippen LogP contribution in [0.4, 0.5) is 0 Å². The molecule has 0 spiro atoms. The molecule has 26 heavy (non-hydrogen) atoms. The fraction of sp³-hybridized carbons (Fsp3) is 0.333. The van der Waals surface area contributed by atoms with Gasteiger partial charge in [-0.2, -0.15) is 0 Å². The van der Waals surface area contributed by atoms with Crippen molar-refractivity contribution < 1.29 is 0 Å². The third kappa shape index (κ3) is 3.76. The Morgan fingerprint density at radius 3 is 2.69 bits per heavy atom. The Bertz CT molecular complexity index is 889. The molecule has 2 heterocycles. The number of hydrogen-bond donors (Lipinski definition) is 1. The summed E-state index contributed by atoms with van der Waals surface area (Å²) >= 11 is 0. The number of nitrogens with one attached hydrogen (secondary N) is 1. The van der Waals surface area contributed by atoms with Gasteiger partial charge in [0, 0.05) is 30.2 Å². The fourth-order valence-corrected chi connectivity index (χ4v) is 4.05. The summed E-state index contributed by atoms with van der Waals surface area (Å²) < 4.78 is 0. The molecule has 0 saturated heterocycles. The number of hydrogen-bond acceptors (Lipinski definition) is 1. The van der Waals surface area contributed by atoms with E-state index < -0.39 is 0 Å². The van der Waals surface area contributed by atoms with Crippen molar-refractivity contribution in [3.05, 3.63) is 77.5 Å². The molecule has 2 aromatic carbocycles. The van der Waals surface area contributed by atoms with Crippen LogP contribution in [0.1, 0.15) is 36.0 Å². The highest BCUT2D eigenvalue weighted by molar-refractivity contribution is 5.85. The van der Waals surface area contributed by atoms with Crippen LogP contribution in [0.2, 0.25) is 0 Å². The van der Waals surface area contributed by atoms with Crippen molar-refractivity contribution in [1.29, 1.82) is 0 Å². The highest BCUT2D eigenvalue weighted by Crippen LogP contribution is 2.24. The summed E-state index contributed by atoms with van der Waals surface area (Å²) in [5, 5.41) is 1.40. The summed E-state index contributed by atoms with van der Waals surface area (Å²) in [6.45, 7) is 5.67. The van der Waals surface area contributed by atoms with Gasteiger partial charge in [-0.25, -0.2) is 0 Å². The molecule has 0 bridgehead atoms. The van der Waals surface area contributed by atoms with E-state index in [1.54, 1.807) is 0 Å². The van der Waals surface area contributed by atoms with Gasteiger partial charge in [-0.15, -0.1) is 0 Å². The molecule has 0 radical (unpaired) electrons. The maximum Gasteiger partial charge on any atom is 0.0486 e. The highest BCUT2D eigenvalue weighted by atomic mass is 15.1. The van der Waals surface area contributed by atoms with Gasteiger partial charge < -0.3 is 4.98 Å². The quantitative estimate of drug-likeness (QED) is 0.578. The summed E-state index contributed by atoms with van der Waals surface area (Å²) in [7, 11) is 0. The topological polar surface area (TPSA) is 19.0 Å². The molecule has 1 aliphatic heterocycles. The largest absolute Gasteiger partial charge is 0.361 e. The molecule has 1 aromatic heterocycles. The summed E-state index contributed by atoms with van der Waals surface area (Å²) in [5.74, 6) is 0. The lowest BCUT2D eigenvalue weighted by Gasteiger charge is -2.26. The summed E-state index contributed by atoms with van der Waals surface area (Å²) in [5.41, 5.74) is 7.01. The van der Waals surface area contributed by atoms with Crippen LogP contribution in [0.5, 0.6) is 0 Å². The Hall–Kier alpha value is -2.32. The van der Waals surface area contributed by atoms with E-state index >= 15 is 0 Å². The minimum atomic E-state index is 1.09. The second-order valence-corrected chi connectivity index (χ2v) is 7.41. The van der Waals surface area contributed by atoms with E-state index in [4.69, 9.17) is 0 Å². The molecule has 3 aromatic rings. The Morgan fingerprint density at radius 2 is 1.88 bits per heavy atom. The first-order valence-electron chi connectivity index (χ1n) is 9.83. The van der Waals surface area contributed by atoms with Gasteiger partial charge in [-0.3, -0.25) is 4.90 Å². The van der Waals surface area contributed by atoms with Gasteiger partial charge in [-0.1, -0.05) is 54.6 Å². The van der Waals surface area contributed by atoms with Gasteiger partial charge in [0.25, 0.3) is 0 Å². The number of rotatable bonds is 6. The van der Waals surface area contributed by atoms with Crippen molar-refractivity contribution in [2.75, 3.05) is 19.6 Å². The number of H-pyrrole nitrogens is 1. The maximum atomic E-state index is 3.45. The lowest BCUT2D eigenvalue weighted by molar-refractivity contribution is 0.295. The van der Waals surface area contributed by atoms with Crippen molar-refractivity contribution in [3.63, 3.8) is 0 Å². The number of para-hydroxylation sites is 1. The molecule has 0 aliphatic carbocycles. The van der Waals surface area contributed by atoms with Crippen LogP contribution in [0.15, 0.2) is 60.8 Å². The molecule has 134 valence electrons. The normalized spacial score (nSPS) is 15.3. The predicted molar refractivity (Wildman–Crippen MR) is 111 cm³/mol. The molecule has 2 heteroatoms. The first-order chi connectivity index (χ1) is 12.8. The summed E-state index contributed by atoms with van der Waals surface area (Å²) in [6, 6.07) is 17.4. The van der Waals surface area contributed by atoms with Crippen molar-refractivity contribution in [1.82, 2.24) is 9.88 Å². The molecule has 4 rings (SSSR count). The van der Waals surface area contributed by atoms with Crippen LogP contribution in [0.3, 0.4) is 0 Å². The highest BCUT2D eigenvalue weighted by Gasteiger charge is 2.12. The van der Waals surface area contributed by atoms with Gasteiger partial charge in [0.2, 0.25) is 0 Å². The number of unbranched alkanes of at least 4 members (excludes halogenated alkanes) is 1. The molecule has 0 amide bonds. The van der Waals surface area contributed by atoms with Crippen molar-refractivity contribution >= 4 is 16.5 Å². The van der Waals surface area contributed by atoms with Crippen LogP contribution in [0.25, 0.3) is 16.5 Å². The fourth-order valence-electron chi connectivity index (χ4n) is 4.05. The van der Waals surface area contributed by atoms with E-state index in [2.05, 4.69) is 77.6 Å². The molecule has 1 N–H and O–H groups in total. The minimum absolute atomic E-state index is 1.09. The summed E-state index contributed by atoms with van der Waals surface area (Å²) in [6.07, 6.45) is 9.49. The van der Waals surface area contributed by atoms with Crippen LogP contribution in [-0.4, -0.2) is 29.5 Å². The second-order valence-electron chi connectivity index (χ2n) is 7.41. The van der Waals surface area contributed by atoms with Gasteiger partial charge in [0.05, 0.1) is 0 Å². The third-order valence-electron chi connectivity index (χ3n) is 5.62. The monoisotopic (exact) mass is 344 g/mol. The Kier molecular flexibility index (Phi) is 5.21. The third-order valence-corrected chi connectivity index (χ3v) is 5.62. The van der Waals surface area contributed by atoms with E-state index in [9.17, 15) is 0 Å². The molecule has 1 aliphatic rings. The second kappa shape index (κ2) is 7.92. The van der Waals surface area contributed by atoms with Gasteiger partial charge in [0.15, 0.2) is 0 Å². The van der Waals surface area contributed by atoms with E-state index in [0.29, 0.717) is 0 Å². The number of nitrogens with zero attached hydrogens (tertiary/aromatic N) is 1. The first-order valence-corrected chi connectivity index (χ1v) is 9.83. The standard InChI is InChI=1S/C24H28N2/c1-19-8-7-12-23-22(18-25-24(19)23)11-5-6-15-26-16-13-21(14-17-26)20-9-3-2-4-10-20/h2-4,7-10,12-13,18,25H,5-6,11,14-17H2,1H3. The molecule has 0 atom stereocenters. The molecule has 0 saturated carbocycles. The molecule has 0 fully saturated rings. The van der Waals surface area contributed by atoms with E-state index in [1.807, 2.05) is 0 Å². The zero-order valence-electron chi connectivity index (χ0n) is 15.7. The Labute approximate surface area is 156 Å². The summed E-state index contributed by atoms with van der Waals surface area (Å²) in [4.78, 5) is 6.04. The first kappa shape index (κ1) is 17.1. The predicted octanol–water partition coefficient (Wildman–Crippen LogP) is 5.59. The molecular weight excluding hydrogens is 316 g/mol. The molecular formula is C24H28N2. The smallest absolute Gasteiger partial charge is 0.0486 e. The number of aromatic amines is 1. The van der Waals surface area contributed by atoms with Crippen molar-refractivity contribution in [2.45, 2.75) is 32.6 Å². The van der Waals surface area contributed by atoms with E-state index in [-0.39, 0.29) is 0 Å². The average molecular weight is 345 g/mol. The molecule has 2 nitrogen and oxygen atoms in total. The van der Waals surface area contributed by atoms with Crippen molar-refractivity contribution in [2.24, 2.45) is 0 Å². The lowest BCUT2D eigenvalue weighted by Crippen LogP contribution is -2.29. The van der Waals surface area contributed by atoms with Gasteiger partial charge in [0.1, 0.15) is 0 Å². The van der Waals surface area contributed by atoms with Crippen LogP contribution >= 0.6 is 0 Å². The Balaban J connectivity index is 1.26. The maximum absolute atomic E-state index is 3.45. The SMILES string of the molecule is Cc1cccc2c(CCCCN3CC=C(c4ccccc4)CC3)c[nH]c12. The minimum Gasteiger partial charge on any atom is -0.361 e.